The summed E-state index contributed by atoms with van der Waals surface area (Å²) in [5.41, 5.74) is -0.413. The molecule has 0 bridgehead atoms. The number of piperidine rings is 1. The summed E-state index contributed by atoms with van der Waals surface area (Å²) in [7, 11) is 1.41. The maximum atomic E-state index is 14.3. The van der Waals surface area contributed by atoms with Crippen molar-refractivity contribution in [1.29, 1.82) is 0 Å². The number of hydrogen-bond donors (Lipinski definition) is 5. The van der Waals surface area contributed by atoms with Crippen molar-refractivity contribution in [2.24, 2.45) is 18.9 Å². The molecule has 4 aliphatic heterocycles. The SMILES string of the molecule is Cn1c(-c2cn(-c3ccc(NC[C@H]4COCCN4)cn3)nc2C(F)(F)F)cnc1C(=O)Nc1ccc(C(=O)N2CCN(C(=O)C3CC[N+](CC(=O)O)(CC4CNC4)CC3)CC2)c(Cl)c1. The molecule has 64 heavy (non-hydrogen) atoms. The highest BCUT2D eigenvalue weighted by Gasteiger charge is 2.43. The van der Waals surface area contributed by atoms with Gasteiger partial charge in [0.2, 0.25) is 5.91 Å². The van der Waals surface area contributed by atoms with Crippen LogP contribution in [-0.4, -0.2) is 165 Å². The van der Waals surface area contributed by atoms with E-state index in [0.717, 1.165) is 37.1 Å². The van der Waals surface area contributed by atoms with Gasteiger partial charge in [0.15, 0.2) is 23.9 Å². The van der Waals surface area contributed by atoms with Crippen molar-refractivity contribution in [3.05, 3.63) is 71.0 Å². The molecular formula is C42H51ClF3N12O6+. The molecule has 18 nitrogen and oxygen atoms in total. The number of carboxylic acid groups (broad SMARTS) is 1. The molecule has 0 radical (unpaired) electrons. The zero-order valence-corrected chi connectivity index (χ0v) is 36.0. The number of likely N-dealkylation sites (tertiary alicyclic amines) is 1. The van der Waals surface area contributed by atoms with E-state index in [9.17, 15) is 37.5 Å². The zero-order valence-electron chi connectivity index (χ0n) is 35.2. The summed E-state index contributed by atoms with van der Waals surface area (Å²) in [5, 5.41) is 26.0. The Morgan fingerprint density at radius 3 is 2.36 bits per heavy atom. The normalized spacial score (nSPS) is 21.9. The van der Waals surface area contributed by atoms with Crippen LogP contribution in [0.3, 0.4) is 0 Å². The van der Waals surface area contributed by atoms with E-state index >= 15 is 0 Å². The first kappa shape index (κ1) is 45.0. The van der Waals surface area contributed by atoms with Crippen molar-refractivity contribution in [2.45, 2.75) is 25.1 Å². The second-order valence-electron chi connectivity index (χ2n) is 17.0. The molecule has 5 N–H and O–H groups in total. The average Bonchev–Trinajstić information content (AvgIpc) is 3.89. The molecule has 1 aromatic carbocycles. The number of alkyl halides is 3. The minimum atomic E-state index is -4.84. The number of aliphatic carboxylic acids is 1. The third-order valence-electron chi connectivity index (χ3n) is 12.6. The molecule has 4 aliphatic rings. The first-order valence-electron chi connectivity index (χ1n) is 21.3. The van der Waals surface area contributed by atoms with Crippen LogP contribution in [0.5, 0.6) is 0 Å². The smallest absolute Gasteiger partial charge is 0.435 e. The number of pyridine rings is 1. The first-order chi connectivity index (χ1) is 30.7. The Bertz CT molecular complexity index is 2350. The van der Waals surface area contributed by atoms with Gasteiger partial charge in [-0.3, -0.25) is 14.4 Å². The van der Waals surface area contributed by atoms with Crippen LogP contribution in [0, 0.1) is 11.8 Å². The fourth-order valence-corrected chi connectivity index (χ4v) is 9.23. The van der Waals surface area contributed by atoms with Crippen LogP contribution < -0.4 is 21.3 Å². The molecule has 342 valence electrons. The van der Waals surface area contributed by atoms with E-state index in [4.69, 9.17) is 16.3 Å². The van der Waals surface area contributed by atoms with Crippen molar-refractivity contribution in [3.63, 3.8) is 0 Å². The van der Waals surface area contributed by atoms with Gasteiger partial charge >= 0.3 is 12.1 Å². The lowest BCUT2D eigenvalue weighted by molar-refractivity contribution is -0.929. The van der Waals surface area contributed by atoms with Crippen molar-refractivity contribution < 1.29 is 46.7 Å². The number of halogens is 4. The van der Waals surface area contributed by atoms with E-state index in [2.05, 4.69) is 36.3 Å². The Morgan fingerprint density at radius 2 is 1.73 bits per heavy atom. The lowest BCUT2D eigenvalue weighted by atomic mass is 9.90. The second kappa shape index (κ2) is 18.9. The van der Waals surface area contributed by atoms with E-state index < -0.39 is 23.7 Å². The van der Waals surface area contributed by atoms with E-state index in [1.165, 1.54) is 42.2 Å². The topological polar surface area (TPSA) is 201 Å². The fourth-order valence-electron chi connectivity index (χ4n) is 8.97. The Labute approximate surface area is 371 Å². The molecule has 0 spiro atoms. The number of piperazine rings is 1. The van der Waals surface area contributed by atoms with Gasteiger partial charge in [-0.2, -0.15) is 18.3 Å². The summed E-state index contributed by atoms with van der Waals surface area (Å²) in [6, 6.07) is 7.73. The van der Waals surface area contributed by atoms with Crippen LogP contribution in [-0.2, 0) is 27.5 Å². The molecule has 22 heteroatoms. The number of quaternary nitrogens is 1. The third kappa shape index (κ3) is 10.0. The number of carbonyl (C=O) groups excluding carboxylic acids is 3. The Kier molecular flexibility index (Phi) is 13.2. The van der Waals surface area contributed by atoms with Crippen LogP contribution in [0.4, 0.5) is 24.5 Å². The molecular weight excluding hydrogens is 861 g/mol. The number of carboxylic acids is 1. The molecule has 3 amide bonds. The van der Waals surface area contributed by atoms with Crippen molar-refractivity contribution >= 4 is 46.7 Å². The van der Waals surface area contributed by atoms with Gasteiger partial charge in [-0.1, -0.05) is 11.6 Å². The minimum absolute atomic E-state index is 0.0158. The summed E-state index contributed by atoms with van der Waals surface area (Å²) < 4.78 is 51.2. The Morgan fingerprint density at radius 1 is 1.00 bits per heavy atom. The summed E-state index contributed by atoms with van der Waals surface area (Å²) in [6.45, 7) is 7.77. The van der Waals surface area contributed by atoms with Crippen LogP contribution >= 0.6 is 11.6 Å². The molecule has 8 rings (SSSR count). The van der Waals surface area contributed by atoms with Crippen molar-refractivity contribution in [1.82, 2.24) is 44.7 Å². The third-order valence-corrected chi connectivity index (χ3v) is 12.9. The van der Waals surface area contributed by atoms with Gasteiger partial charge in [-0.25, -0.2) is 19.4 Å². The first-order valence-corrected chi connectivity index (χ1v) is 21.7. The number of morpholine rings is 1. The maximum Gasteiger partial charge on any atom is 0.435 e. The molecule has 4 fully saturated rings. The van der Waals surface area contributed by atoms with E-state index in [1.807, 2.05) is 0 Å². The largest absolute Gasteiger partial charge is 0.477 e. The number of hydrogen-bond acceptors (Lipinski definition) is 11. The Hall–Kier alpha value is -5.61. The Balaban J connectivity index is 0.863. The quantitative estimate of drug-likeness (QED) is 0.123. The molecule has 0 aliphatic carbocycles. The van der Waals surface area contributed by atoms with E-state index in [-0.39, 0.29) is 69.5 Å². The van der Waals surface area contributed by atoms with Gasteiger partial charge in [-0.15, -0.1) is 0 Å². The summed E-state index contributed by atoms with van der Waals surface area (Å²) in [6.07, 6.45) is 0.257. The molecule has 0 saturated carbocycles. The predicted octanol–water partition coefficient (Wildman–Crippen LogP) is 2.81. The van der Waals surface area contributed by atoms with Gasteiger partial charge in [-0.05, 0) is 30.3 Å². The second-order valence-corrected chi connectivity index (χ2v) is 17.4. The molecule has 3 aromatic heterocycles. The highest BCUT2D eigenvalue weighted by molar-refractivity contribution is 6.34. The van der Waals surface area contributed by atoms with Crippen LogP contribution in [0.15, 0.2) is 48.9 Å². The van der Waals surface area contributed by atoms with Crippen LogP contribution in [0.1, 0.15) is 39.5 Å². The zero-order chi connectivity index (χ0) is 45.2. The fraction of sp³-hybridized carbons (Fsp3) is 0.500. The number of nitrogens with zero attached hydrogens (tertiary/aromatic N) is 8. The van der Waals surface area contributed by atoms with Crippen LogP contribution in [0.2, 0.25) is 5.02 Å². The lowest BCUT2D eigenvalue weighted by Gasteiger charge is -2.46. The monoisotopic (exact) mass is 911 g/mol. The number of anilines is 2. The standard InChI is InChI=1S/C42H50ClF3N12O6/c1-54-34(32-22-57(53-37(32)42(44,45)46)35-5-3-29(19-50-35)49-20-30-25-64-15-8-48-30)21-51-38(54)39(61)52-28-2-4-31(33(43)16-28)41(63)56-11-9-55(10-12-56)40(62)27-6-13-58(14-7-27,24-36(59)60)23-26-17-47-18-26/h2-5,16,19,21-22,26-27,30,47-49H,6-15,17-18,20,23-25H2,1H3,(H-,52,59,60,61,63)/p+1/t27?,30-,58?/m0/s1. The summed E-state index contributed by atoms with van der Waals surface area (Å²) in [5.74, 6) is -1.64. The van der Waals surface area contributed by atoms with Gasteiger partial charge in [0.25, 0.3) is 11.8 Å². The van der Waals surface area contributed by atoms with Crippen LogP contribution in [0.25, 0.3) is 17.1 Å². The summed E-state index contributed by atoms with van der Waals surface area (Å²) >= 11 is 6.58. The minimum Gasteiger partial charge on any atom is -0.477 e. The molecule has 4 aromatic rings. The molecule has 7 heterocycles. The van der Waals surface area contributed by atoms with Crippen molar-refractivity contribution in [3.8, 4) is 17.1 Å². The molecule has 0 unspecified atom stereocenters. The number of ether oxygens (including phenoxy) is 1. The number of benzene rings is 1. The van der Waals surface area contributed by atoms with Gasteiger partial charge in [0.1, 0.15) is 0 Å². The summed E-state index contributed by atoms with van der Waals surface area (Å²) in [4.78, 5) is 64.1. The number of aromatic nitrogens is 5. The van der Waals surface area contributed by atoms with Gasteiger partial charge < -0.3 is 50.0 Å². The number of imidazole rings is 1. The predicted molar refractivity (Wildman–Crippen MR) is 228 cm³/mol. The number of amides is 3. The maximum absolute atomic E-state index is 14.3. The number of rotatable bonds is 13. The van der Waals surface area contributed by atoms with E-state index in [0.29, 0.717) is 88.0 Å². The average molecular weight is 912 g/mol. The highest BCUT2D eigenvalue weighted by atomic mass is 35.5. The van der Waals surface area contributed by atoms with Gasteiger partial charge in [0, 0.05) is 102 Å². The number of carbonyl (C=O) groups is 4. The molecule has 1 atom stereocenters. The molecule has 4 saturated heterocycles. The lowest BCUT2D eigenvalue weighted by Crippen LogP contribution is -2.62. The van der Waals surface area contributed by atoms with Crippen molar-refractivity contribution in [2.75, 3.05) is 102 Å². The highest BCUT2D eigenvalue weighted by Crippen LogP contribution is 2.37. The van der Waals surface area contributed by atoms with E-state index in [1.54, 1.807) is 21.9 Å². The number of nitrogens with one attached hydrogen (secondary N) is 4. The van der Waals surface area contributed by atoms with Gasteiger partial charge in [0.05, 0.1) is 72.8 Å².